The molecule has 0 bridgehead atoms. The summed E-state index contributed by atoms with van der Waals surface area (Å²) >= 11 is 3.34. The first-order chi connectivity index (χ1) is 6.24. The van der Waals surface area contributed by atoms with Crippen LogP contribution in [0, 0.1) is 6.92 Å². The third-order valence-electron chi connectivity index (χ3n) is 1.75. The Kier molecular flexibility index (Phi) is 3.96. The maximum absolute atomic E-state index is 10.9. The minimum absolute atomic E-state index is 0.0462. The van der Waals surface area contributed by atoms with Gasteiger partial charge in [-0.05, 0) is 24.5 Å². The Hall–Kier alpha value is -0.830. The Bertz CT molecular complexity index is 354. The molecule has 0 unspecified atom stereocenters. The van der Waals surface area contributed by atoms with Gasteiger partial charge in [-0.1, -0.05) is 28.1 Å². The van der Waals surface area contributed by atoms with Gasteiger partial charge in [-0.2, -0.15) is 0 Å². The molecule has 1 rings (SSSR count). The van der Waals surface area contributed by atoms with Crippen LogP contribution in [0.5, 0.6) is 0 Å². The van der Waals surface area contributed by atoms with Crippen molar-refractivity contribution < 1.29 is 0 Å². The average molecular weight is 242 g/mol. The van der Waals surface area contributed by atoms with Gasteiger partial charge in [0, 0.05) is 17.6 Å². The van der Waals surface area contributed by atoms with E-state index in [1.807, 2.05) is 13.0 Å². The van der Waals surface area contributed by atoms with Crippen molar-refractivity contribution in [3.8, 4) is 0 Å². The van der Waals surface area contributed by atoms with Gasteiger partial charge in [-0.3, -0.25) is 4.79 Å². The lowest BCUT2D eigenvalue weighted by atomic mass is 10.1. The summed E-state index contributed by atoms with van der Waals surface area (Å²) in [6, 6.07) is 1.60. The molecule has 0 spiro atoms. The lowest BCUT2D eigenvalue weighted by molar-refractivity contribution is 1.19. The van der Waals surface area contributed by atoms with Crippen LogP contribution >= 0.6 is 15.9 Å². The van der Waals surface area contributed by atoms with Gasteiger partial charge in [0.25, 0.3) is 0 Å². The van der Waals surface area contributed by atoms with Crippen LogP contribution in [0.3, 0.4) is 0 Å². The van der Waals surface area contributed by atoms with E-state index in [0.29, 0.717) is 0 Å². The van der Waals surface area contributed by atoms with E-state index in [2.05, 4.69) is 27.0 Å². The SMILES string of the molecule is Cc1cc(=O)[nH]cc1C=CCCBr. The fourth-order valence-corrected chi connectivity index (χ4v) is 1.30. The van der Waals surface area contributed by atoms with Crippen molar-refractivity contribution in [2.24, 2.45) is 0 Å². The van der Waals surface area contributed by atoms with E-state index in [1.165, 1.54) is 0 Å². The second-order valence-corrected chi connectivity index (χ2v) is 3.61. The quantitative estimate of drug-likeness (QED) is 0.811. The van der Waals surface area contributed by atoms with Gasteiger partial charge in [-0.15, -0.1) is 0 Å². The number of H-pyrrole nitrogens is 1. The molecule has 0 fully saturated rings. The van der Waals surface area contributed by atoms with Crippen LogP contribution in [0.2, 0.25) is 0 Å². The predicted molar refractivity (Wildman–Crippen MR) is 59.2 cm³/mol. The van der Waals surface area contributed by atoms with Crippen LogP contribution in [0.4, 0.5) is 0 Å². The standard InChI is InChI=1S/C10H12BrNO/c1-8-6-10(13)12-7-9(8)4-2-3-5-11/h2,4,6-7H,3,5H2,1H3,(H,12,13). The van der Waals surface area contributed by atoms with Gasteiger partial charge >= 0.3 is 0 Å². The van der Waals surface area contributed by atoms with E-state index in [4.69, 9.17) is 0 Å². The molecular weight excluding hydrogens is 230 g/mol. The second-order valence-electron chi connectivity index (χ2n) is 2.82. The number of rotatable bonds is 3. The predicted octanol–water partition coefficient (Wildman–Crippen LogP) is 2.48. The zero-order valence-electron chi connectivity index (χ0n) is 7.51. The first-order valence-corrected chi connectivity index (χ1v) is 5.28. The molecule has 0 aliphatic rings. The van der Waals surface area contributed by atoms with E-state index in [-0.39, 0.29) is 5.56 Å². The van der Waals surface area contributed by atoms with Crippen molar-refractivity contribution in [3.05, 3.63) is 39.8 Å². The molecule has 1 heterocycles. The van der Waals surface area contributed by atoms with E-state index in [9.17, 15) is 4.79 Å². The molecule has 0 amide bonds. The summed E-state index contributed by atoms with van der Waals surface area (Å²) in [4.78, 5) is 13.5. The van der Waals surface area contributed by atoms with E-state index >= 15 is 0 Å². The van der Waals surface area contributed by atoms with Gasteiger partial charge in [0.15, 0.2) is 0 Å². The molecule has 0 radical (unpaired) electrons. The molecule has 1 N–H and O–H groups in total. The van der Waals surface area contributed by atoms with Crippen molar-refractivity contribution in [2.75, 3.05) is 5.33 Å². The van der Waals surface area contributed by atoms with Crippen LogP contribution in [0.1, 0.15) is 17.5 Å². The van der Waals surface area contributed by atoms with Crippen molar-refractivity contribution in [3.63, 3.8) is 0 Å². The maximum atomic E-state index is 10.9. The second kappa shape index (κ2) is 5.02. The van der Waals surface area contributed by atoms with Crippen LogP contribution in [0.25, 0.3) is 6.08 Å². The fraction of sp³-hybridized carbons (Fsp3) is 0.300. The molecule has 1 aromatic heterocycles. The monoisotopic (exact) mass is 241 g/mol. The number of aromatic amines is 1. The molecule has 0 saturated heterocycles. The first-order valence-electron chi connectivity index (χ1n) is 4.16. The molecule has 0 aromatic carbocycles. The van der Waals surface area contributed by atoms with Gasteiger partial charge in [-0.25, -0.2) is 0 Å². The normalized spacial score (nSPS) is 10.9. The molecule has 0 aliphatic heterocycles. The van der Waals surface area contributed by atoms with Crippen LogP contribution in [0.15, 0.2) is 23.1 Å². The van der Waals surface area contributed by atoms with Crippen molar-refractivity contribution >= 4 is 22.0 Å². The van der Waals surface area contributed by atoms with Crippen LogP contribution in [-0.2, 0) is 0 Å². The highest BCUT2D eigenvalue weighted by Gasteiger charge is 1.93. The summed E-state index contributed by atoms with van der Waals surface area (Å²) in [6.07, 6.45) is 6.84. The number of pyridine rings is 1. The van der Waals surface area contributed by atoms with Crippen LogP contribution in [-0.4, -0.2) is 10.3 Å². The first kappa shape index (κ1) is 10.3. The summed E-state index contributed by atoms with van der Waals surface area (Å²) in [5, 5.41) is 0.964. The van der Waals surface area contributed by atoms with Gasteiger partial charge in [0.2, 0.25) is 5.56 Å². The van der Waals surface area contributed by atoms with Crippen molar-refractivity contribution in [1.82, 2.24) is 4.98 Å². The van der Waals surface area contributed by atoms with Gasteiger partial charge in [0.1, 0.15) is 0 Å². The highest BCUT2D eigenvalue weighted by atomic mass is 79.9. The fourth-order valence-electron chi connectivity index (χ4n) is 1.04. The zero-order chi connectivity index (χ0) is 9.68. The summed E-state index contributed by atoms with van der Waals surface area (Å²) in [5.74, 6) is 0. The smallest absolute Gasteiger partial charge is 0.248 e. The lowest BCUT2D eigenvalue weighted by Crippen LogP contribution is -2.04. The molecule has 70 valence electrons. The Morgan fingerprint density at radius 1 is 1.62 bits per heavy atom. The molecule has 13 heavy (non-hydrogen) atoms. The minimum Gasteiger partial charge on any atom is -0.328 e. The number of aromatic nitrogens is 1. The number of aryl methyl sites for hydroxylation is 1. The van der Waals surface area contributed by atoms with Gasteiger partial charge < -0.3 is 4.98 Å². The largest absolute Gasteiger partial charge is 0.328 e. The number of nitrogens with one attached hydrogen (secondary N) is 1. The number of alkyl halides is 1. The lowest BCUT2D eigenvalue weighted by Gasteiger charge is -1.97. The molecule has 1 aromatic rings. The summed E-state index contributed by atoms with van der Waals surface area (Å²) in [6.45, 7) is 1.93. The van der Waals surface area contributed by atoms with Crippen molar-refractivity contribution in [2.45, 2.75) is 13.3 Å². The highest BCUT2D eigenvalue weighted by molar-refractivity contribution is 9.09. The molecule has 0 aliphatic carbocycles. The molecular formula is C10H12BrNO. The van der Waals surface area contributed by atoms with Gasteiger partial charge in [0.05, 0.1) is 0 Å². The van der Waals surface area contributed by atoms with Crippen molar-refractivity contribution in [1.29, 1.82) is 0 Å². The van der Waals surface area contributed by atoms with E-state index in [0.717, 1.165) is 22.9 Å². The molecule has 3 heteroatoms. The van der Waals surface area contributed by atoms with Crippen LogP contribution < -0.4 is 5.56 Å². The Morgan fingerprint density at radius 2 is 2.38 bits per heavy atom. The highest BCUT2D eigenvalue weighted by Crippen LogP contribution is 2.05. The maximum Gasteiger partial charge on any atom is 0.248 e. The third-order valence-corrected chi connectivity index (χ3v) is 2.20. The number of hydrogen-bond acceptors (Lipinski definition) is 1. The third kappa shape index (κ3) is 3.19. The molecule has 0 saturated carbocycles. The number of allylic oxidation sites excluding steroid dienone is 1. The molecule has 2 nitrogen and oxygen atoms in total. The minimum atomic E-state index is -0.0462. The average Bonchev–Trinajstić information content (AvgIpc) is 2.09. The summed E-state index contributed by atoms with van der Waals surface area (Å²) in [7, 11) is 0. The Morgan fingerprint density at radius 3 is 3.00 bits per heavy atom. The zero-order valence-corrected chi connectivity index (χ0v) is 9.10. The molecule has 0 atom stereocenters. The summed E-state index contributed by atoms with van der Waals surface area (Å²) < 4.78 is 0. The number of halogens is 1. The Balaban J connectivity index is 2.83. The summed E-state index contributed by atoms with van der Waals surface area (Å²) in [5.41, 5.74) is 2.03. The number of hydrogen-bond donors (Lipinski definition) is 1. The van der Waals surface area contributed by atoms with E-state index in [1.54, 1.807) is 12.3 Å². The Labute approximate surface area is 85.8 Å². The van der Waals surface area contributed by atoms with E-state index < -0.39 is 0 Å². The topological polar surface area (TPSA) is 32.9 Å².